The molecular weight excluding hydrogens is 306 g/mol. The van der Waals surface area contributed by atoms with Crippen LogP contribution in [0.5, 0.6) is 0 Å². The number of aromatic amines is 1. The van der Waals surface area contributed by atoms with Gasteiger partial charge in [-0.1, -0.05) is 39.8 Å². The molecule has 130 valence electrons. The van der Waals surface area contributed by atoms with E-state index < -0.39 is 0 Å². The predicted octanol–water partition coefficient (Wildman–Crippen LogP) is 5.02. The van der Waals surface area contributed by atoms with Gasteiger partial charge in [0, 0.05) is 29.2 Å². The van der Waals surface area contributed by atoms with Crippen molar-refractivity contribution in [3.63, 3.8) is 0 Å². The molecule has 0 saturated carbocycles. The molecule has 4 rings (SSSR count). The number of aromatic nitrogens is 2. The molecule has 1 atom stereocenters. The molecule has 0 aliphatic carbocycles. The van der Waals surface area contributed by atoms with Crippen molar-refractivity contribution in [2.45, 2.75) is 52.6 Å². The fraction of sp³-hybridized carbons (Fsp3) is 0.409. The molecule has 0 fully saturated rings. The summed E-state index contributed by atoms with van der Waals surface area (Å²) >= 11 is 0. The first kappa shape index (κ1) is 16.3. The first-order valence-corrected chi connectivity index (χ1v) is 9.36. The average Bonchev–Trinajstić information content (AvgIpc) is 3.04. The molecule has 1 aliphatic rings. The molecule has 2 N–H and O–H groups in total. The molecule has 0 radical (unpaired) electrons. The van der Waals surface area contributed by atoms with Gasteiger partial charge in [-0.25, -0.2) is 4.98 Å². The topological polar surface area (TPSA) is 40.7 Å². The lowest BCUT2D eigenvalue weighted by Crippen LogP contribution is -2.39. The van der Waals surface area contributed by atoms with Crippen LogP contribution in [0.4, 0.5) is 0 Å². The van der Waals surface area contributed by atoms with Crippen molar-refractivity contribution in [1.82, 2.24) is 15.3 Å². The molecule has 0 saturated heterocycles. The lowest BCUT2D eigenvalue weighted by atomic mass is 9.88. The van der Waals surface area contributed by atoms with Crippen LogP contribution in [0.15, 0.2) is 36.4 Å². The summed E-state index contributed by atoms with van der Waals surface area (Å²) < 4.78 is 0. The summed E-state index contributed by atoms with van der Waals surface area (Å²) in [4.78, 5) is 8.33. The number of rotatable bonds is 3. The maximum absolute atomic E-state index is 4.86. The maximum Gasteiger partial charge on any atom is 0.138 e. The van der Waals surface area contributed by atoms with Gasteiger partial charge in [-0.3, -0.25) is 0 Å². The third-order valence-corrected chi connectivity index (χ3v) is 5.42. The van der Waals surface area contributed by atoms with Crippen LogP contribution in [0.25, 0.3) is 22.3 Å². The summed E-state index contributed by atoms with van der Waals surface area (Å²) in [5.41, 5.74) is 7.35. The van der Waals surface area contributed by atoms with E-state index in [4.69, 9.17) is 4.98 Å². The summed E-state index contributed by atoms with van der Waals surface area (Å²) in [6, 6.07) is 13.9. The van der Waals surface area contributed by atoms with Crippen LogP contribution in [0.3, 0.4) is 0 Å². The molecule has 0 amide bonds. The zero-order valence-electron chi connectivity index (χ0n) is 15.6. The van der Waals surface area contributed by atoms with E-state index in [0.29, 0.717) is 17.9 Å². The van der Waals surface area contributed by atoms with E-state index in [1.54, 1.807) is 0 Å². The van der Waals surface area contributed by atoms with Gasteiger partial charge in [-0.05, 0) is 53.6 Å². The van der Waals surface area contributed by atoms with Crippen LogP contribution in [-0.4, -0.2) is 16.0 Å². The van der Waals surface area contributed by atoms with Gasteiger partial charge in [0.05, 0.1) is 5.69 Å². The van der Waals surface area contributed by atoms with Crippen molar-refractivity contribution in [2.24, 2.45) is 5.92 Å². The van der Waals surface area contributed by atoms with Gasteiger partial charge in [0.1, 0.15) is 5.65 Å². The van der Waals surface area contributed by atoms with E-state index in [1.807, 2.05) is 0 Å². The van der Waals surface area contributed by atoms with Gasteiger partial charge in [0.2, 0.25) is 0 Å². The van der Waals surface area contributed by atoms with Gasteiger partial charge >= 0.3 is 0 Å². The van der Waals surface area contributed by atoms with Crippen LogP contribution in [0.2, 0.25) is 0 Å². The second-order valence-corrected chi connectivity index (χ2v) is 7.93. The highest BCUT2D eigenvalue weighted by molar-refractivity contribution is 5.80. The maximum atomic E-state index is 4.86. The van der Waals surface area contributed by atoms with Gasteiger partial charge < -0.3 is 10.3 Å². The van der Waals surface area contributed by atoms with E-state index in [9.17, 15) is 0 Å². The summed E-state index contributed by atoms with van der Waals surface area (Å²) in [5.74, 6) is 1.15. The Hall–Kier alpha value is -2.13. The van der Waals surface area contributed by atoms with Gasteiger partial charge in [-0.2, -0.15) is 0 Å². The Morgan fingerprint density at radius 3 is 2.60 bits per heavy atom. The Morgan fingerprint density at radius 1 is 1.00 bits per heavy atom. The Morgan fingerprint density at radius 2 is 1.84 bits per heavy atom. The molecule has 1 unspecified atom stereocenters. The van der Waals surface area contributed by atoms with Crippen LogP contribution < -0.4 is 5.32 Å². The highest BCUT2D eigenvalue weighted by Gasteiger charge is 2.20. The standard InChI is InChI=1S/C22H27N3/c1-13(2)20-10-15-5-6-16(9-18(15)12-23-20)19-8-7-17-11-21(14(3)4)25-22(17)24-19/h5-9,11,13-14,20,23H,10,12H2,1-4H3,(H,24,25). The van der Waals surface area contributed by atoms with E-state index in [-0.39, 0.29) is 0 Å². The fourth-order valence-corrected chi connectivity index (χ4v) is 3.67. The molecule has 3 aromatic rings. The molecular formula is C22H27N3. The molecule has 3 heterocycles. The van der Waals surface area contributed by atoms with Crippen LogP contribution in [0.1, 0.15) is 50.4 Å². The van der Waals surface area contributed by atoms with E-state index in [0.717, 1.165) is 24.3 Å². The zero-order chi connectivity index (χ0) is 17.6. The number of H-pyrrole nitrogens is 1. The monoisotopic (exact) mass is 333 g/mol. The van der Waals surface area contributed by atoms with Gasteiger partial charge in [-0.15, -0.1) is 0 Å². The Bertz CT molecular complexity index is 905. The molecule has 1 aliphatic heterocycles. The number of hydrogen-bond acceptors (Lipinski definition) is 2. The first-order chi connectivity index (χ1) is 12.0. The highest BCUT2D eigenvalue weighted by atomic mass is 14.9. The van der Waals surface area contributed by atoms with Gasteiger partial charge in [0.15, 0.2) is 0 Å². The van der Waals surface area contributed by atoms with E-state index in [1.165, 1.54) is 27.8 Å². The summed E-state index contributed by atoms with van der Waals surface area (Å²) in [6.07, 6.45) is 1.12. The van der Waals surface area contributed by atoms with Crippen molar-refractivity contribution in [3.8, 4) is 11.3 Å². The minimum absolute atomic E-state index is 0.487. The molecule has 25 heavy (non-hydrogen) atoms. The van der Waals surface area contributed by atoms with Crippen molar-refractivity contribution < 1.29 is 0 Å². The van der Waals surface area contributed by atoms with E-state index >= 15 is 0 Å². The second kappa shape index (κ2) is 6.30. The molecule has 2 aromatic heterocycles. The molecule has 3 heteroatoms. The lowest BCUT2D eigenvalue weighted by molar-refractivity contribution is 0.377. The SMILES string of the molecule is CC(C)c1cc2ccc(-c3ccc4c(c3)CNC(C(C)C)C4)nc2[nH]1. The number of nitrogens with zero attached hydrogens (tertiary/aromatic N) is 1. The smallest absolute Gasteiger partial charge is 0.138 e. The minimum atomic E-state index is 0.487. The van der Waals surface area contributed by atoms with Crippen LogP contribution in [0, 0.1) is 5.92 Å². The van der Waals surface area contributed by atoms with Crippen LogP contribution >= 0.6 is 0 Å². The Kier molecular flexibility index (Phi) is 4.12. The Balaban J connectivity index is 1.67. The van der Waals surface area contributed by atoms with Crippen molar-refractivity contribution in [2.75, 3.05) is 0 Å². The number of benzene rings is 1. The van der Waals surface area contributed by atoms with Crippen molar-refractivity contribution in [1.29, 1.82) is 0 Å². The fourth-order valence-electron chi connectivity index (χ4n) is 3.67. The van der Waals surface area contributed by atoms with Crippen molar-refractivity contribution >= 4 is 11.0 Å². The average molecular weight is 333 g/mol. The van der Waals surface area contributed by atoms with Gasteiger partial charge in [0.25, 0.3) is 0 Å². The summed E-state index contributed by atoms with van der Waals surface area (Å²) in [5, 5.41) is 4.86. The number of fused-ring (bicyclic) bond motifs is 2. The summed E-state index contributed by atoms with van der Waals surface area (Å²) in [7, 11) is 0. The molecule has 3 nitrogen and oxygen atoms in total. The lowest BCUT2D eigenvalue weighted by Gasteiger charge is -2.29. The molecule has 1 aromatic carbocycles. The Labute approximate surface area is 149 Å². The third kappa shape index (κ3) is 3.09. The number of hydrogen-bond donors (Lipinski definition) is 2. The zero-order valence-corrected chi connectivity index (χ0v) is 15.6. The third-order valence-electron chi connectivity index (χ3n) is 5.42. The first-order valence-electron chi connectivity index (χ1n) is 9.36. The number of nitrogens with one attached hydrogen (secondary N) is 2. The highest BCUT2D eigenvalue weighted by Crippen LogP contribution is 2.28. The second-order valence-electron chi connectivity index (χ2n) is 7.93. The number of pyridine rings is 1. The largest absolute Gasteiger partial charge is 0.343 e. The van der Waals surface area contributed by atoms with Crippen molar-refractivity contribution in [3.05, 3.63) is 53.2 Å². The summed E-state index contributed by atoms with van der Waals surface area (Å²) in [6.45, 7) is 9.93. The molecule has 0 spiro atoms. The van der Waals surface area contributed by atoms with Crippen LogP contribution in [-0.2, 0) is 13.0 Å². The molecule has 0 bridgehead atoms. The normalized spacial score (nSPS) is 17.4. The predicted molar refractivity (Wildman–Crippen MR) is 105 cm³/mol. The quantitative estimate of drug-likeness (QED) is 0.706. The van der Waals surface area contributed by atoms with E-state index in [2.05, 4.69) is 74.4 Å². The minimum Gasteiger partial charge on any atom is -0.343 e.